The molecule has 112 valence electrons. The van der Waals surface area contributed by atoms with E-state index in [1.165, 1.54) is 0 Å². The van der Waals surface area contributed by atoms with Crippen LogP contribution in [0.15, 0.2) is 17.3 Å². The van der Waals surface area contributed by atoms with Gasteiger partial charge in [0.25, 0.3) is 0 Å². The first-order chi connectivity index (χ1) is 9.93. The molecule has 0 unspecified atom stereocenters. The van der Waals surface area contributed by atoms with Crippen LogP contribution in [0.25, 0.3) is 5.69 Å². The number of aliphatic hydroxyl groups is 1. The first-order valence-corrected chi connectivity index (χ1v) is 7.40. The second-order valence-corrected chi connectivity index (χ2v) is 5.76. The summed E-state index contributed by atoms with van der Waals surface area (Å²) in [6, 6.07) is 4.07. The molecule has 0 saturated carbocycles. The summed E-state index contributed by atoms with van der Waals surface area (Å²) in [5.41, 5.74) is 4.09. The van der Waals surface area contributed by atoms with E-state index in [1.54, 1.807) is 4.57 Å². The number of benzene rings is 1. The largest absolute Gasteiger partial charge is 0.481 e. The van der Waals surface area contributed by atoms with Crippen LogP contribution in [0.1, 0.15) is 22.5 Å². The van der Waals surface area contributed by atoms with Gasteiger partial charge in [-0.05, 0) is 31.9 Å². The number of carboxylic acid groups (broad SMARTS) is 1. The molecule has 0 aliphatic rings. The van der Waals surface area contributed by atoms with Crippen LogP contribution in [0.4, 0.5) is 0 Å². The van der Waals surface area contributed by atoms with Gasteiger partial charge in [-0.2, -0.15) is 0 Å². The number of rotatable bonds is 5. The van der Waals surface area contributed by atoms with Crippen molar-refractivity contribution < 1.29 is 15.0 Å². The summed E-state index contributed by atoms with van der Waals surface area (Å²) < 4.78 is 1.73. The molecule has 2 N–H and O–H groups in total. The minimum Gasteiger partial charge on any atom is -0.481 e. The molecule has 1 aromatic heterocycles. The van der Waals surface area contributed by atoms with Crippen molar-refractivity contribution in [2.75, 3.05) is 5.75 Å². The third kappa shape index (κ3) is 3.25. The van der Waals surface area contributed by atoms with Gasteiger partial charge in [0.2, 0.25) is 0 Å². The molecule has 0 saturated heterocycles. The van der Waals surface area contributed by atoms with Gasteiger partial charge in [0.1, 0.15) is 6.61 Å². The summed E-state index contributed by atoms with van der Waals surface area (Å²) in [7, 11) is 0. The summed E-state index contributed by atoms with van der Waals surface area (Å²) in [5.74, 6) is -0.622. The van der Waals surface area contributed by atoms with Crippen LogP contribution in [0, 0.1) is 20.8 Å². The Labute approximate surface area is 126 Å². The third-order valence-electron chi connectivity index (χ3n) is 3.03. The van der Waals surface area contributed by atoms with E-state index in [9.17, 15) is 9.90 Å². The predicted molar refractivity (Wildman–Crippen MR) is 79.9 cm³/mol. The second-order valence-electron chi connectivity index (χ2n) is 4.82. The Hall–Kier alpha value is -1.86. The minimum atomic E-state index is -0.919. The van der Waals surface area contributed by atoms with E-state index in [4.69, 9.17) is 5.11 Å². The van der Waals surface area contributed by atoms with Gasteiger partial charge in [0.05, 0.1) is 11.4 Å². The lowest BCUT2D eigenvalue weighted by Crippen LogP contribution is -2.08. The highest BCUT2D eigenvalue weighted by Gasteiger charge is 2.18. The Morgan fingerprint density at radius 3 is 2.38 bits per heavy atom. The Bertz CT molecular complexity index is 659. The molecule has 0 aliphatic heterocycles. The highest BCUT2D eigenvalue weighted by Crippen LogP contribution is 2.27. The van der Waals surface area contributed by atoms with Gasteiger partial charge < -0.3 is 10.2 Å². The smallest absolute Gasteiger partial charge is 0.313 e. The fraction of sp³-hybridized carbons (Fsp3) is 0.357. The molecular formula is C14H17N3O3S. The zero-order valence-electron chi connectivity index (χ0n) is 12.1. The summed E-state index contributed by atoms with van der Waals surface area (Å²) in [6.07, 6.45) is 0. The van der Waals surface area contributed by atoms with Crippen molar-refractivity contribution in [2.45, 2.75) is 32.5 Å². The monoisotopic (exact) mass is 307 g/mol. The van der Waals surface area contributed by atoms with Gasteiger partial charge in [-0.3, -0.25) is 9.36 Å². The van der Waals surface area contributed by atoms with Crippen LogP contribution in [0.5, 0.6) is 0 Å². The van der Waals surface area contributed by atoms with E-state index in [-0.39, 0.29) is 12.4 Å². The average Bonchev–Trinajstić information content (AvgIpc) is 2.78. The summed E-state index contributed by atoms with van der Waals surface area (Å²) in [6.45, 7) is 5.71. The zero-order valence-corrected chi connectivity index (χ0v) is 12.9. The lowest BCUT2D eigenvalue weighted by atomic mass is 10.0. The van der Waals surface area contributed by atoms with Crippen molar-refractivity contribution >= 4 is 17.7 Å². The molecule has 7 heteroatoms. The van der Waals surface area contributed by atoms with Gasteiger partial charge >= 0.3 is 5.97 Å². The predicted octanol–water partition coefficient (Wildman–Crippen LogP) is 1.86. The van der Waals surface area contributed by atoms with Crippen LogP contribution < -0.4 is 0 Å². The SMILES string of the molecule is Cc1cc(C)c(-n2c(CO)nnc2SCC(=O)O)c(C)c1. The fourth-order valence-corrected chi connectivity index (χ4v) is 3.05. The van der Waals surface area contributed by atoms with Gasteiger partial charge in [0, 0.05) is 0 Å². The Morgan fingerprint density at radius 2 is 1.86 bits per heavy atom. The number of aliphatic hydroxyl groups excluding tert-OH is 1. The molecule has 0 fully saturated rings. The maximum atomic E-state index is 10.7. The van der Waals surface area contributed by atoms with E-state index in [2.05, 4.69) is 10.2 Å². The summed E-state index contributed by atoms with van der Waals surface area (Å²) in [4.78, 5) is 10.7. The highest BCUT2D eigenvalue weighted by atomic mass is 32.2. The molecule has 2 aromatic rings. The number of hydrogen-bond acceptors (Lipinski definition) is 5. The maximum absolute atomic E-state index is 10.7. The van der Waals surface area contributed by atoms with Gasteiger partial charge in [-0.25, -0.2) is 0 Å². The van der Waals surface area contributed by atoms with Crippen LogP contribution in [-0.2, 0) is 11.4 Å². The molecule has 2 rings (SSSR count). The van der Waals surface area contributed by atoms with Crippen molar-refractivity contribution in [3.63, 3.8) is 0 Å². The molecule has 1 aromatic carbocycles. The van der Waals surface area contributed by atoms with Gasteiger partial charge in [-0.1, -0.05) is 29.5 Å². The average molecular weight is 307 g/mol. The van der Waals surface area contributed by atoms with Gasteiger partial charge in [0.15, 0.2) is 11.0 Å². The summed E-state index contributed by atoms with van der Waals surface area (Å²) >= 11 is 1.09. The van der Waals surface area contributed by atoms with Crippen molar-refractivity contribution in [1.82, 2.24) is 14.8 Å². The normalized spacial score (nSPS) is 10.9. The van der Waals surface area contributed by atoms with Crippen molar-refractivity contribution in [3.05, 3.63) is 34.6 Å². The van der Waals surface area contributed by atoms with Gasteiger partial charge in [-0.15, -0.1) is 10.2 Å². The van der Waals surface area contributed by atoms with E-state index in [0.29, 0.717) is 11.0 Å². The molecular weight excluding hydrogens is 290 g/mol. The minimum absolute atomic E-state index is 0.104. The van der Waals surface area contributed by atoms with E-state index in [1.807, 2.05) is 32.9 Å². The van der Waals surface area contributed by atoms with Crippen LogP contribution in [0.2, 0.25) is 0 Å². The standard InChI is InChI=1S/C14H17N3O3S/c1-8-4-9(2)13(10(3)5-8)17-11(6-18)15-16-14(17)21-7-12(19)20/h4-5,18H,6-7H2,1-3H3,(H,19,20). The quantitative estimate of drug-likeness (QED) is 0.820. The lowest BCUT2D eigenvalue weighted by molar-refractivity contribution is -0.133. The highest BCUT2D eigenvalue weighted by molar-refractivity contribution is 7.99. The first kappa shape index (κ1) is 15.5. The number of nitrogens with zero attached hydrogens (tertiary/aromatic N) is 3. The Kier molecular flexibility index (Phi) is 4.64. The molecule has 0 aliphatic carbocycles. The molecule has 0 radical (unpaired) electrons. The number of hydrogen-bond donors (Lipinski definition) is 2. The number of carboxylic acids is 1. The van der Waals surface area contributed by atoms with Crippen LogP contribution >= 0.6 is 11.8 Å². The second kappa shape index (κ2) is 6.28. The lowest BCUT2D eigenvalue weighted by Gasteiger charge is -2.15. The van der Waals surface area contributed by atoms with Crippen molar-refractivity contribution in [1.29, 1.82) is 0 Å². The van der Waals surface area contributed by atoms with Crippen LogP contribution in [-0.4, -0.2) is 36.7 Å². The molecule has 0 atom stereocenters. The molecule has 21 heavy (non-hydrogen) atoms. The Morgan fingerprint density at radius 1 is 1.24 bits per heavy atom. The summed E-state index contributed by atoms with van der Waals surface area (Å²) in [5, 5.41) is 26.7. The van der Waals surface area contributed by atoms with E-state index < -0.39 is 5.97 Å². The Balaban J connectivity index is 2.56. The van der Waals surface area contributed by atoms with E-state index in [0.717, 1.165) is 34.1 Å². The van der Waals surface area contributed by atoms with E-state index >= 15 is 0 Å². The number of aromatic nitrogens is 3. The molecule has 6 nitrogen and oxygen atoms in total. The van der Waals surface area contributed by atoms with Crippen LogP contribution in [0.3, 0.4) is 0 Å². The molecule has 0 bridgehead atoms. The maximum Gasteiger partial charge on any atom is 0.313 e. The molecule has 1 heterocycles. The van der Waals surface area contributed by atoms with Crippen molar-refractivity contribution in [2.24, 2.45) is 0 Å². The number of aliphatic carboxylic acids is 1. The topological polar surface area (TPSA) is 88.2 Å². The molecule has 0 spiro atoms. The third-order valence-corrected chi connectivity index (χ3v) is 3.94. The number of thioether (sulfide) groups is 1. The molecule has 0 amide bonds. The number of carbonyl (C=O) groups is 1. The first-order valence-electron chi connectivity index (χ1n) is 6.42. The van der Waals surface area contributed by atoms with Crippen molar-refractivity contribution in [3.8, 4) is 5.69 Å². The zero-order chi connectivity index (χ0) is 15.6. The number of aryl methyl sites for hydroxylation is 3. The fourth-order valence-electron chi connectivity index (χ4n) is 2.37.